The van der Waals surface area contributed by atoms with Gasteiger partial charge in [-0.25, -0.2) is 5.43 Å². The maximum atomic E-state index is 11.7. The fourth-order valence-corrected chi connectivity index (χ4v) is 1.98. The Morgan fingerprint density at radius 2 is 1.92 bits per heavy atom. The Morgan fingerprint density at radius 3 is 2.60 bits per heavy atom. The molecule has 2 rings (SSSR count). The second kappa shape index (κ2) is 8.70. The van der Waals surface area contributed by atoms with Crippen LogP contribution >= 0.6 is 11.6 Å². The highest BCUT2D eigenvalue weighted by atomic mass is 35.5. The lowest BCUT2D eigenvalue weighted by Gasteiger charge is -2.05. The lowest BCUT2D eigenvalue weighted by atomic mass is 10.2. The minimum absolute atomic E-state index is 0.00902. The third-order valence-electron chi connectivity index (χ3n) is 3.16. The number of carbonyl (C=O) groups excluding carboxylic acids is 2. The highest BCUT2D eigenvalue weighted by Gasteiger charge is 2.11. The lowest BCUT2D eigenvalue weighted by Crippen LogP contribution is -2.37. The van der Waals surface area contributed by atoms with E-state index in [9.17, 15) is 14.7 Å². The molecule has 0 aromatic heterocycles. The van der Waals surface area contributed by atoms with E-state index in [2.05, 4.69) is 15.8 Å². The highest BCUT2D eigenvalue weighted by molar-refractivity contribution is 6.35. The van der Waals surface area contributed by atoms with Crippen molar-refractivity contribution in [3.05, 3.63) is 58.6 Å². The van der Waals surface area contributed by atoms with Crippen molar-refractivity contribution in [3.8, 4) is 11.5 Å². The number of hydrogen-bond donors (Lipinski definition) is 3. The number of nitrogens with zero attached hydrogens (tertiary/aromatic N) is 1. The Hall–Kier alpha value is -3.06. The Bertz CT molecular complexity index is 791. The molecule has 0 saturated carbocycles. The summed E-state index contributed by atoms with van der Waals surface area (Å²) < 4.78 is 4.96. The lowest BCUT2D eigenvalue weighted by molar-refractivity contribution is -0.139. The zero-order chi connectivity index (χ0) is 18.2. The number of rotatable bonds is 5. The molecule has 0 radical (unpaired) electrons. The van der Waals surface area contributed by atoms with E-state index in [1.165, 1.54) is 25.5 Å². The molecule has 0 heterocycles. The van der Waals surface area contributed by atoms with E-state index in [-0.39, 0.29) is 18.0 Å². The molecule has 2 amide bonds. The molecule has 2 aromatic carbocycles. The molecule has 0 spiro atoms. The van der Waals surface area contributed by atoms with Crippen molar-refractivity contribution in [2.75, 3.05) is 7.11 Å². The van der Waals surface area contributed by atoms with E-state index in [0.29, 0.717) is 10.6 Å². The van der Waals surface area contributed by atoms with Crippen molar-refractivity contribution in [1.29, 1.82) is 0 Å². The first-order valence-electron chi connectivity index (χ1n) is 7.22. The predicted octanol–water partition coefficient (Wildman–Crippen LogP) is 1.82. The normalized spacial score (nSPS) is 10.5. The quantitative estimate of drug-likeness (QED) is 0.429. The number of phenolic OH excluding ortho intramolecular Hbond substituents is 1. The molecule has 0 aliphatic carbocycles. The largest absolute Gasteiger partial charge is 0.504 e. The van der Waals surface area contributed by atoms with Gasteiger partial charge in [0.05, 0.1) is 13.3 Å². The Morgan fingerprint density at radius 1 is 1.20 bits per heavy atom. The van der Waals surface area contributed by atoms with Crippen LogP contribution in [0.3, 0.4) is 0 Å². The summed E-state index contributed by atoms with van der Waals surface area (Å²) in [6, 6.07) is 11.4. The van der Waals surface area contributed by atoms with Crippen LogP contribution in [-0.4, -0.2) is 30.2 Å². The maximum Gasteiger partial charge on any atom is 0.329 e. The molecular formula is C17H16ClN3O4. The number of amides is 2. The number of nitrogens with one attached hydrogen (secondary N) is 2. The fourth-order valence-electron chi connectivity index (χ4n) is 1.86. The van der Waals surface area contributed by atoms with Crippen LogP contribution in [0.1, 0.15) is 11.1 Å². The highest BCUT2D eigenvalue weighted by Crippen LogP contribution is 2.25. The van der Waals surface area contributed by atoms with Crippen LogP contribution in [0.15, 0.2) is 47.6 Å². The van der Waals surface area contributed by atoms with E-state index in [1.54, 1.807) is 30.3 Å². The first-order valence-corrected chi connectivity index (χ1v) is 7.60. The zero-order valence-electron chi connectivity index (χ0n) is 13.3. The molecule has 0 fully saturated rings. The SMILES string of the molecule is COc1cc(C=NNC(=O)C(=O)NCc2ccc(Cl)cc2)ccc1O. The van der Waals surface area contributed by atoms with Gasteiger partial charge in [0, 0.05) is 11.6 Å². The number of hydrazone groups is 1. The van der Waals surface area contributed by atoms with Crippen molar-refractivity contribution < 1.29 is 19.4 Å². The molecule has 0 bridgehead atoms. The van der Waals surface area contributed by atoms with Crippen molar-refractivity contribution in [3.63, 3.8) is 0 Å². The van der Waals surface area contributed by atoms with Crippen LogP contribution in [0.25, 0.3) is 0 Å². The number of phenols is 1. The smallest absolute Gasteiger partial charge is 0.329 e. The molecule has 0 aliphatic heterocycles. The third kappa shape index (κ3) is 5.50. The Labute approximate surface area is 149 Å². The second-order valence-corrected chi connectivity index (χ2v) is 5.38. The molecule has 0 aliphatic rings. The molecule has 0 saturated heterocycles. The summed E-state index contributed by atoms with van der Waals surface area (Å²) in [7, 11) is 1.42. The standard InChI is InChI=1S/C17H16ClN3O4/c1-25-15-8-12(4-7-14(15)22)10-20-21-17(24)16(23)19-9-11-2-5-13(18)6-3-11/h2-8,10,22H,9H2,1H3,(H,19,23)(H,21,24). The number of ether oxygens (including phenoxy) is 1. The van der Waals surface area contributed by atoms with Gasteiger partial charge in [0.25, 0.3) is 0 Å². The Kier molecular flexibility index (Phi) is 6.36. The third-order valence-corrected chi connectivity index (χ3v) is 3.41. The van der Waals surface area contributed by atoms with Crippen LogP contribution < -0.4 is 15.5 Å². The van der Waals surface area contributed by atoms with Gasteiger partial charge >= 0.3 is 11.8 Å². The van der Waals surface area contributed by atoms with Gasteiger partial charge in [0.2, 0.25) is 0 Å². The molecule has 130 valence electrons. The summed E-state index contributed by atoms with van der Waals surface area (Å²) in [6.07, 6.45) is 1.33. The Balaban J connectivity index is 1.84. The zero-order valence-corrected chi connectivity index (χ0v) is 14.1. The molecule has 7 nitrogen and oxygen atoms in total. The van der Waals surface area contributed by atoms with E-state index < -0.39 is 11.8 Å². The van der Waals surface area contributed by atoms with Gasteiger partial charge in [-0.15, -0.1) is 0 Å². The maximum absolute atomic E-state index is 11.7. The molecule has 3 N–H and O–H groups in total. The van der Waals surface area contributed by atoms with Gasteiger partial charge in [0.1, 0.15) is 0 Å². The average molecular weight is 362 g/mol. The van der Waals surface area contributed by atoms with Gasteiger partial charge in [-0.05, 0) is 41.5 Å². The second-order valence-electron chi connectivity index (χ2n) is 4.94. The summed E-state index contributed by atoms with van der Waals surface area (Å²) >= 11 is 5.77. The van der Waals surface area contributed by atoms with Gasteiger partial charge in [-0.2, -0.15) is 5.10 Å². The number of hydrogen-bond acceptors (Lipinski definition) is 5. The fraction of sp³-hybridized carbons (Fsp3) is 0.118. The summed E-state index contributed by atoms with van der Waals surface area (Å²) in [5, 5.41) is 16.2. The van der Waals surface area contributed by atoms with E-state index in [4.69, 9.17) is 16.3 Å². The summed E-state index contributed by atoms with van der Waals surface area (Å²) in [6.45, 7) is 0.197. The van der Waals surface area contributed by atoms with E-state index in [1.807, 2.05) is 0 Å². The molecular weight excluding hydrogens is 346 g/mol. The van der Waals surface area contributed by atoms with Crippen molar-refractivity contribution in [2.45, 2.75) is 6.54 Å². The van der Waals surface area contributed by atoms with Crippen LogP contribution in [0.5, 0.6) is 11.5 Å². The van der Waals surface area contributed by atoms with E-state index >= 15 is 0 Å². The monoisotopic (exact) mass is 361 g/mol. The predicted molar refractivity (Wildman–Crippen MR) is 93.7 cm³/mol. The molecule has 25 heavy (non-hydrogen) atoms. The summed E-state index contributed by atoms with van der Waals surface area (Å²) in [5.74, 6) is -1.44. The molecule has 8 heteroatoms. The molecule has 0 atom stereocenters. The van der Waals surface area contributed by atoms with Gasteiger partial charge < -0.3 is 15.2 Å². The minimum atomic E-state index is -0.893. The van der Waals surface area contributed by atoms with Crippen molar-refractivity contribution in [1.82, 2.24) is 10.7 Å². The van der Waals surface area contributed by atoms with Crippen LogP contribution in [0.4, 0.5) is 0 Å². The van der Waals surface area contributed by atoms with Crippen molar-refractivity contribution >= 4 is 29.6 Å². The molecule has 0 unspecified atom stereocenters. The van der Waals surface area contributed by atoms with Crippen molar-refractivity contribution in [2.24, 2.45) is 5.10 Å². The average Bonchev–Trinajstić information content (AvgIpc) is 2.62. The number of methoxy groups -OCH3 is 1. The van der Waals surface area contributed by atoms with Gasteiger partial charge in [-0.1, -0.05) is 23.7 Å². The minimum Gasteiger partial charge on any atom is -0.504 e. The topological polar surface area (TPSA) is 100 Å². The van der Waals surface area contributed by atoms with E-state index in [0.717, 1.165) is 5.56 Å². The van der Waals surface area contributed by atoms with Crippen LogP contribution in [-0.2, 0) is 16.1 Å². The number of aromatic hydroxyl groups is 1. The number of carbonyl (C=O) groups is 2. The van der Waals surface area contributed by atoms with Crippen LogP contribution in [0.2, 0.25) is 5.02 Å². The number of benzene rings is 2. The summed E-state index contributed by atoms with van der Waals surface area (Å²) in [4.78, 5) is 23.4. The summed E-state index contributed by atoms with van der Waals surface area (Å²) in [5.41, 5.74) is 3.51. The first kappa shape index (κ1) is 18.3. The number of halogens is 1. The van der Waals surface area contributed by atoms with Crippen LogP contribution in [0, 0.1) is 0 Å². The first-order chi connectivity index (χ1) is 12.0. The molecule has 2 aromatic rings. The van der Waals surface area contributed by atoms with Gasteiger partial charge in [0.15, 0.2) is 11.5 Å². The van der Waals surface area contributed by atoms with Gasteiger partial charge in [-0.3, -0.25) is 9.59 Å².